The van der Waals surface area contributed by atoms with E-state index in [1.165, 1.54) is 10.4 Å². The Morgan fingerprint density at radius 1 is 1.39 bits per heavy atom. The second-order valence-electron chi connectivity index (χ2n) is 4.13. The van der Waals surface area contributed by atoms with Gasteiger partial charge in [-0.3, -0.25) is 0 Å². The molecule has 0 amide bonds. The van der Waals surface area contributed by atoms with E-state index in [2.05, 4.69) is 45.7 Å². The summed E-state index contributed by atoms with van der Waals surface area (Å²) in [7, 11) is 0. The molecule has 0 saturated carbocycles. The molecule has 1 unspecified atom stereocenters. The molecular weight excluding hydrogens is 330 g/mol. The summed E-state index contributed by atoms with van der Waals surface area (Å²) in [5.74, 6) is 0. The van der Waals surface area contributed by atoms with Crippen LogP contribution in [0.5, 0.6) is 0 Å². The Balaban J connectivity index is 2.01. The number of thiophene rings is 1. The number of benzene rings is 1. The maximum absolute atomic E-state index is 6.03. The zero-order chi connectivity index (χ0) is 13.0. The maximum Gasteiger partial charge on any atom is 0.0409 e. The van der Waals surface area contributed by atoms with Gasteiger partial charge in [-0.25, -0.2) is 0 Å². The number of hydrogen-bond acceptors (Lipinski definition) is 2. The van der Waals surface area contributed by atoms with Crippen LogP contribution in [-0.4, -0.2) is 0 Å². The van der Waals surface area contributed by atoms with Crippen molar-refractivity contribution in [1.29, 1.82) is 0 Å². The summed E-state index contributed by atoms with van der Waals surface area (Å²) in [5, 5.41) is 6.48. The largest absolute Gasteiger partial charge is 0.305 e. The minimum atomic E-state index is 0.351. The third kappa shape index (κ3) is 3.82. The molecule has 0 fully saturated rings. The summed E-state index contributed by atoms with van der Waals surface area (Å²) in [4.78, 5) is 1.34. The molecule has 0 saturated heterocycles. The van der Waals surface area contributed by atoms with Gasteiger partial charge in [-0.1, -0.05) is 30.7 Å². The van der Waals surface area contributed by atoms with Crippen molar-refractivity contribution in [1.82, 2.24) is 5.32 Å². The summed E-state index contributed by atoms with van der Waals surface area (Å²) in [6.45, 7) is 3.07. The van der Waals surface area contributed by atoms with E-state index in [0.717, 1.165) is 22.5 Å². The molecule has 4 heteroatoms. The SMILES string of the molecule is CCC(NCc1cc(Br)cs1)c1cccc(Cl)c1. The quantitative estimate of drug-likeness (QED) is 0.765. The monoisotopic (exact) mass is 343 g/mol. The minimum absolute atomic E-state index is 0.351. The van der Waals surface area contributed by atoms with Gasteiger partial charge in [0.1, 0.15) is 0 Å². The number of halogens is 2. The number of rotatable bonds is 5. The van der Waals surface area contributed by atoms with Crippen LogP contribution in [0, 0.1) is 0 Å². The van der Waals surface area contributed by atoms with Gasteiger partial charge in [-0.2, -0.15) is 0 Å². The molecule has 2 aromatic rings. The number of nitrogens with one attached hydrogen (secondary N) is 1. The van der Waals surface area contributed by atoms with E-state index >= 15 is 0 Å². The predicted octanol–water partition coefficient (Wildman–Crippen LogP) is 5.40. The van der Waals surface area contributed by atoms with Gasteiger partial charge in [0, 0.05) is 32.3 Å². The Kier molecular flexibility index (Phi) is 5.25. The van der Waals surface area contributed by atoms with Crippen molar-refractivity contribution in [3.63, 3.8) is 0 Å². The normalized spacial score (nSPS) is 12.6. The molecule has 1 atom stereocenters. The van der Waals surface area contributed by atoms with Crippen molar-refractivity contribution >= 4 is 38.9 Å². The van der Waals surface area contributed by atoms with Crippen LogP contribution in [0.4, 0.5) is 0 Å². The fourth-order valence-electron chi connectivity index (χ4n) is 1.89. The van der Waals surface area contributed by atoms with Crippen LogP contribution in [0.15, 0.2) is 40.2 Å². The van der Waals surface area contributed by atoms with E-state index in [1.54, 1.807) is 11.3 Å². The molecular formula is C14H15BrClNS. The molecule has 1 aromatic carbocycles. The Labute approximate surface area is 125 Å². The predicted molar refractivity (Wildman–Crippen MR) is 83.3 cm³/mol. The molecule has 18 heavy (non-hydrogen) atoms. The molecule has 0 spiro atoms. The van der Waals surface area contributed by atoms with Crippen LogP contribution in [0.1, 0.15) is 29.8 Å². The Morgan fingerprint density at radius 2 is 2.22 bits per heavy atom. The first-order chi connectivity index (χ1) is 8.69. The topological polar surface area (TPSA) is 12.0 Å². The van der Waals surface area contributed by atoms with E-state index in [0.29, 0.717) is 6.04 Å². The van der Waals surface area contributed by atoms with Gasteiger partial charge in [-0.15, -0.1) is 11.3 Å². The Bertz CT molecular complexity index is 512. The van der Waals surface area contributed by atoms with Crippen LogP contribution >= 0.6 is 38.9 Å². The van der Waals surface area contributed by atoms with E-state index in [9.17, 15) is 0 Å². The lowest BCUT2D eigenvalue weighted by Gasteiger charge is -2.17. The molecule has 0 aliphatic carbocycles. The fourth-order valence-corrected chi connectivity index (χ4v) is 3.49. The van der Waals surface area contributed by atoms with Gasteiger partial charge in [0.05, 0.1) is 0 Å². The summed E-state index contributed by atoms with van der Waals surface area (Å²) in [6.07, 6.45) is 1.05. The van der Waals surface area contributed by atoms with Gasteiger partial charge in [0.2, 0.25) is 0 Å². The van der Waals surface area contributed by atoms with Crippen LogP contribution in [0.3, 0.4) is 0 Å². The molecule has 96 valence electrons. The van der Waals surface area contributed by atoms with E-state index < -0.39 is 0 Å². The molecule has 2 rings (SSSR count). The lowest BCUT2D eigenvalue weighted by Crippen LogP contribution is -2.19. The third-order valence-corrected chi connectivity index (χ3v) is 4.74. The van der Waals surface area contributed by atoms with Crippen molar-refractivity contribution in [3.8, 4) is 0 Å². The second kappa shape index (κ2) is 6.71. The average molecular weight is 345 g/mol. The van der Waals surface area contributed by atoms with Gasteiger partial charge in [0.15, 0.2) is 0 Å². The molecule has 1 aromatic heterocycles. The molecule has 1 N–H and O–H groups in total. The van der Waals surface area contributed by atoms with Crippen molar-refractivity contribution in [2.24, 2.45) is 0 Å². The summed E-state index contributed by atoms with van der Waals surface area (Å²) in [6, 6.07) is 10.6. The highest BCUT2D eigenvalue weighted by atomic mass is 79.9. The van der Waals surface area contributed by atoms with Gasteiger partial charge >= 0.3 is 0 Å². The zero-order valence-electron chi connectivity index (χ0n) is 10.1. The molecule has 0 aliphatic rings. The van der Waals surface area contributed by atoms with Crippen LogP contribution in [0.2, 0.25) is 5.02 Å². The fraction of sp³-hybridized carbons (Fsp3) is 0.286. The van der Waals surface area contributed by atoms with Crippen molar-refractivity contribution in [2.75, 3.05) is 0 Å². The van der Waals surface area contributed by atoms with Crippen molar-refractivity contribution in [2.45, 2.75) is 25.9 Å². The summed E-state index contributed by atoms with van der Waals surface area (Å²) in [5.41, 5.74) is 1.25. The third-order valence-electron chi connectivity index (χ3n) is 2.80. The molecule has 1 heterocycles. The van der Waals surface area contributed by atoms with Gasteiger partial charge in [-0.05, 0) is 46.1 Å². The number of hydrogen-bond donors (Lipinski definition) is 1. The molecule has 0 bridgehead atoms. The van der Waals surface area contributed by atoms with E-state index in [4.69, 9.17) is 11.6 Å². The maximum atomic E-state index is 6.03. The van der Waals surface area contributed by atoms with Gasteiger partial charge in [0.25, 0.3) is 0 Å². The first kappa shape index (κ1) is 14.1. The molecule has 0 aliphatic heterocycles. The minimum Gasteiger partial charge on any atom is -0.305 e. The van der Waals surface area contributed by atoms with Crippen LogP contribution in [0.25, 0.3) is 0 Å². The van der Waals surface area contributed by atoms with Crippen LogP contribution < -0.4 is 5.32 Å². The summed E-state index contributed by atoms with van der Waals surface area (Å²) >= 11 is 11.3. The summed E-state index contributed by atoms with van der Waals surface area (Å²) < 4.78 is 1.15. The van der Waals surface area contributed by atoms with Crippen molar-refractivity contribution < 1.29 is 0 Å². The van der Waals surface area contributed by atoms with Gasteiger partial charge < -0.3 is 5.32 Å². The Hall–Kier alpha value is -0.350. The standard InChI is InChI=1S/C14H15BrClNS/c1-2-14(10-4-3-5-12(16)6-10)17-8-13-7-11(15)9-18-13/h3-7,9,14,17H,2,8H2,1H3. The smallest absolute Gasteiger partial charge is 0.0409 e. The second-order valence-corrected chi connectivity index (χ2v) is 6.48. The highest BCUT2D eigenvalue weighted by Gasteiger charge is 2.09. The lowest BCUT2D eigenvalue weighted by atomic mass is 10.0. The zero-order valence-corrected chi connectivity index (χ0v) is 13.3. The molecule has 1 nitrogen and oxygen atoms in total. The Morgan fingerprint density at radius 3 is 2.83 bits per heavy atom. The first-order valence-corrected chi connectivity index (χ1v) is 7.96. The highest BCUT2D eigenvalue weighted by Crippen LogP contribution is 2.23. The van der Waals surface area contributed by atoms with Crippen molar-refractivity contribution in [3.05, 3.63) is 55.6 Å². The van der Waals surface area contributed by atoms with Crippen LogP contribution in [-0.2, 0) is 6.54 Å². The lowest BCUT2D eigenvalue weighted by molar-refractivity contribution is 0.522. The first-order valence-electron chi connectivity index (χ1n) is 5.90. The highest BCUT2D eigenvalue weighted by molar-refractivity contribution is 9.10. The van der Waals surface area contributed by atoms with E-state index in [1.807, 2.05) is 18.2 Å². The average Bonchev–Trinajstić information content (AvgIpc) is 2.76. The molecule has 0 radical (unpaired) electrons. The van der Waals surface area contributed by atoms with E-state index in [-0.39, 0.29) is 0 Å².